The Hall–Kier alpha value is -2.34. The summed E-state index contributed by atoms with van der Waals surface area (Å²) in [6.07, 6.45) is 0. The number of benzene rings is 3. The van der Waals surface area contributed by atoms with Gasteiger partial charge in [0, 0.05) is 3.57 Å². The number of ether oxygens (including phenoxy) is 1. The number of carbonyl (C=O) groups is 1. The summed E-state index contributed by atoms with van der Waals surface area (Å²) in [6, 6.07) is 24.4. The van der Waals surface area contributed by atoms with Crippen molar-refractivity contribution < 1.29 is 9.53 Å². The minimum absolute atomic E-state index is 0.154. The van der Waals surface area contributed by atoms with Gasteiger partial charge in [0.1, 0.15) is 5.75 Å². The monoisotopic (exact) mass is 415 g/mol. The summed E-state index contributed by atoms with van der Waals surface area (Å²) in [5.41, 5.74) is 1.28. The second kappa shape index (κ2) is 7.28. The number of hydrogen-bond acceptors (Lipinski definition) is 2. The molecule has 0 bridgehead atoms. The fourth-order valence-electron chi connectivity index (χ4n) is 2.11. The zero-order chi connectivity index (χ0) is 16.1. The van der Waals surface area contributed by atoms with Crippen LogP contribution >= 0.6 is 22.6 Å². The summed E-state index contributed by atoms with van der Waals surface area (Å²) in [7, 11) is 0. The van der Waals surface area contributed by atoms with Crippen LogP contribution in [0.5, 0.6) is 11.5 Å². The predicted octanol–water partition coefficient (Wildman–Crippen LogP) is 5.34. The molecule has 4 heteroatoms. The average Bonchev–Trinajstić information content (AvgIpc) is 2.58. The molecule has 0 atom stereocenters. The largest absolute Gasteiger partial charge is 0.455 e. The third-order valence-electron chi connectivity index (χ3n) is 3.22. The molecular formula is C19H14INO2. The second-order valence-electron chi connectivity index (χ2n) is 4.85. The molecule has 0 saturated heterocycles. The van der Waals surface area contributed by atoms with Gasteiger partial charge in [0.25, 0.3) is 5.91 Å². The van der Waals surface area contributed by atoms with Crippen LogP contribution in [0.3, 0.4) is 0 Å². The summed E-state index contributed by atoms with van der Waals surface area (Å²) in [5, 5.41) is 2.92. The first-order valence-corrected chi connectivity index (χ1v) is 8.20. The van der Waals surface area contributed by atoms with Crippen molar-refractivity contribution in [3.8, 4) is 11.5 Å². The normalized spacial score (nSPS) is 10.1. The molecule has 114 valence electrons. The molecule has 0 aromatic heterocycles. The van der Waals surface area contributed by atoms with Crippen molar-refractivity contribution in [1.82, 2.24) is 0 Å². The van der Waals surface area contributed by atoms with E-state index >= 15 is 0 Å². The van der Waals surface area contributed by atoms with Gasteiger partial charge in [0.15, 0.2) is 5.75 Å². The highest BCUT2D eigenvalue weighted by Crippen LogP contribution is 2.29. The summed E-state index contributed by atoms with van der Waals surface area (Å²) in [4.78, 5) is 12.5. The van der Waals surface area contributed by atoms with Crippen LogP contribution in [0.15, 0.2) is 78.9 Å². The van der Waals surface area contributed by atoms with Crippen LogP contribution in [0.25, 0.3) is 0 Å². The molecule has 0 spiro atoms. The van der Waals surface area contributed by atoms with Crippen molar-refractivity contribution >= 4 is 34.2 Å². The SMILES string of the molecule is O=C(Nc1ccccc1Oc1ccccc1)c1ccccc1I. The Morgan fingerprint density at radius 1 is 0.826 bits per heavy atom. The molecule has 1 amide bonds. The van der Waals surface area contributed by atoms with E-state index in [0.717, 1.165) is 9.32 Å². The Kier molecular flexibility index (Phi) is 4.92. The molecule has 0 aliphatic carbocycles. The van der Waals surface area contributed by atoms with Crippen molar-refractivity contribution in [1.29, 1.82) is 0 Å². The number of anilines is 1. The smallest absolute Gasteiger partial charge is 0.256 e. The third kappa shape index (κ3) is 3.90. The van der Waals surface area contributed by atoms with Gasteiger partial charge in [0.05, 0.1) is 11.3 Å². The topological polar surface area (TPSA) is 38.3 Å². The first-order chi connectivity index (χ1) is 11.2. The number of rotatable bonds is 4. The highest BCUT2D eigenvalue weighted by Gasteiger charge is 2.12. The Bertz CT molecular complexity index is 818. The predicted molar refractivity (Wildman–Crippen MR) is 100 cm³/mol. The Morgan fingerprint density at radius 3 is 2.26 bits per heavy atom. The fraction of sp³-hybridized carbons (Fsp3) is 0. The summed E-state index contributed by atoms with van der Waals surface area (Å²) in [5.74, 6) is 1.18. The number of nitrogens with one attached hydrogen (secondary N) is 1. The maximum Gasteiger partial charge on any atom is 0.256 e. The molecule has 0 unspecified atom stereocenters. The van der Waals surface area contributed by atoms with Crippen LogP contribution in [0.2, 0.25) is 0 Å². The van der Waals surface area contributed by atoms with E-state index in [0.29, 0.717) is 17.0 Å². The highest BCUT2D eigenvalue weighted by atomic mass is 127. The van der Waals surface area contributed by atoms with Gasteiger partial charge >= 0.3 is 0 Å². The van der Waals surface area contributed by atoms with Crippen LogP contribution < -0.4 is 10.1 Å². The van der Waals surface area contributed by atoms with Crippen LogP contribution in [-0.4, -0.2) is 5.91 Å². The van der Waals surface area contributed by atoms with Gasteiger partial charge in [-0.15, -0.1) is 0 Å². The summed E-state index contributed by atoms with van der Waals surface area (Å²) < 4.78 is 6.77. The van der Waals surface area contributed by atoms with E-state index in [1.165, 1.54) is 0 Å². The first kappa shape index (κ1) is 15.6. The maximum atomic E-state index is 12.5. The van der Waals surface area contributed by atoms with E-state index in [1.54, 1.807) is 6.07 Å². The highest BCUT2D eigenvalue weighted by molar-refractivity contribution is 14.1. The fourth-order valence-corrected chi connectivity index (χ4v) is 2.74. The molecule has 3 nitrogen and oxygen atoms in total. The molecule has 3 rings (SSSR count). The lowest BCUT2D eigenvalue weighted by Gasteiger charge is -2.12. The molecule has 0 saturated carbocycles. The van der Waals surface area contributed by atoms with Crippen LogP contribution in [0.4, 0.5) is 5.69 Å². The number of amides is 1. The summed E-state index contributed by atoms with van der Waals surface area (Å²) in [6.45, 7) is 0. The lowest BCUT2D eigenvalue weighted by Crippen LogP contribution is -2.13. The molecule has 0 radical (unpaired) electrons. The van der Waals surface area contributed by atoms with E-state index in [4.69, 9.17) is 4.74 Å². The van der Waals surface area contributed by atoms with Gasteiger partial charge in [-0.05, 0) is 59.0 Å². The maximum absolute atomic E-state index is 12.5. The van der Waals surface area contributed by atoms with Gasteiger partial charge < -0.3 is 10.1 Å². The Labute approximate surface area is 148 Å². The van der Waals surface area contributed by atoms with Gasteiger partial charge in [-0.3, -0.25) is 4.79 Å². The minimum atomic E-state index is -0.154. The second-order valence-corrected chi connectivity index (χ2v) is 6.01. The molecule has 0 aliphatic rings. The first-order valence-electron chi connectivity index (χ1n) is 7.12. The molecule has 0 fully saturated rings. The van der Waals surface area contributed by atoms with Crippen molar-refractivity contribution in [2.75, 3.05) is 5.32 Å². The van der Waals surface area contributed by atoms with E-state index in [9.17, 15) is 4.79 Å². The number of hydrogen-bond donors (Lipinski definition) is 1. The number of para-hydroxylation sites is 3. The minimum Gasteiger partial charge on any atom is -0.455 e. The van der Waals surface area contributed by atoms with Crippen LogP contribution in [0, 0.1) is 3.57 Å². The average molecular weight is 415 g/mol. The van der Waals surface area contributed by atoms with Crippen molar-refractivity contribution in [2.24, 2.45) is 0 Å². The molecule has 23 heavy (non-hydrogen) atoms. The van der Waals surface area contributed by atoms with E-state index in [1.807, 2.05) is 72.8 Å². The molecule has 3 aromatic rings. The lowest BCUT2D eigenvalue weighted by molar-refractivity contribution is 0.102. The van der Waals surface area contributed by atoms with Crippen LogP contribution in [0.1, 0.15) is 10.4 Å². The van der Waals surface area contributed by atoms with Crippen molar-refractivity contribution in [3.05, 3.63) is 88.0 Å². The lowest BCUT2D eigenvalue weighted by atomic mass is 10.2. The zero-order valence-corrected chi connectivity index (χ0v) is 14.4. The molecule has 0 heterocycles. The Morgan fingerprint density at radius 2 is 1.48 bits per heavy atom. The number of carbonyl (C=O) groups excluding carboxylic acids is 1. The van der Waals surface area contributed by atoms with E-state index in [-0.39, 0.29) is 5.91 Å². The van der Waals surface area contributed by atoms with Gasteiger partial charge in [-0.2, -0.15) is 0 Å². The zero-order valence-electron chi connectivity index (χ0n) is 12.2. The van der Waals surface area contributed by atoms with Gasteiger partial charge in [-0.25, -0.2) is 0 Å². The molecule has 0 aliphatic heterocycles. The number of halogens is 1. The van der Waals surface area contributed by atoms with E-state index < -0.39 is 0 Å². The quantitative estimate of drug-likeness (QED) is 0.585. The van der Waals surface area contributed by atoms with Crippen molar-refractivity contribution in [3.63, 3.8) is 0 Å². The molecular weight excluding hydrogens is 401 g/mol. The molecule has 3 aromatic carbocycles. The Balaban J connectivity index is 1.84. The van der Waals surface area contributed by atoms with Crippen LogP contribution in [-0.2, 0) is 0 Å². The van der Waals surface area contributed by atoms with Crippen molar-refractivity contribution in [2.45, 2.75) is 0 Å². The summed E-state index contributed by atoms with van der Waals surface area (Å²) >= 11 is 2.15. The molecule has 1 N–H and O–H groups in total. The van der Waals surface area contributed by atoms with Gasteiger partial charge in [0.2, 0.25) is 0 Å². The van der Waals surface area contributed by atoms with E-state index in [2.05, 4.69) is 27.9 Å². The standard InChI is InChI=1S/C19H14INO2/c20-16-11-5-4-10-15(16)19(22)21-17-12-6-7-13-18(17)23-14-8-2-1-3-9-14/h1-13H,(H,21,22). The third-order valence-corrected chi connectivity index (χ3v) is 4.17. The van der Waals surface area contributed by atoms with Gasteiger partial charge in [-0.1, -0.05) is 42.5 Å².